The maximum Gasteiger partial charge on any atom is 0.418 e. The average Bonchev–Trinajstić information content (AvgIpc) is 2.50. The second kappa shape index (κ2) is 7.14. The van der Waals surface area contributed by atoms with E-state index in [1.165, 1.54) is 24.5 Å². The highest BCUT2D eigenvalue weighted by atomic mass is 19.4. The summed E-state index contributed by atoms with van der Waals surface area (Å²) < 4.78 is 43.9. The molecule has 0 aliphatic heterocycles. The molecule has 0 fully saturated rings. The van der Waals surface area contributed by atoms with Crippen LogP contribution in [-0.4, -0.2) is 30.2 Å². The van der Waals surface area contributed by atoms with Gasteiger partial charge < -0.3 is 21.1 Å². The lowest BCUT2D eigenvalue weighted by Gasteiger charge is -2.16. The summed E-state index contributed by atoms with van der Waals surface area (Å²) in [7, 11) is 1.55. The Morgan fingerprint density at radius 1 is 1.17 bits per heavy atom. The summed E-state index contributed by atoms with van der Waals surface area (Å²) in [5.74, 6) is 0.417. The smallest absolute Gasteiger partial charge is 0.393 e. The molecule has 0 aliphatic rings. The first kappa shape index (κ1) is 16.8. The van der Waals surface area contributed by atoms with Crippen molar-refractivity contribution in [2.24, 2.45) is 0 Å². The van der Waals surface area contributed by atoms with Gasteiger partial charge in [-0.1, -0.05) is 12.1 Å². The zero-order valence-electron chi connectivity index (χ0n) is 12.3. The molecule has 0 spiro atoms. The fourth-order valence-corrected chi connectivity index (χ4v) is 1.87. The molecular weight excluding hydrogens is 311 g/mol. The predicted molar refractivity (Wildman–Crippen MR) is 81.5 cm³/mol. The van der Waals surface area contributed by atoms with E-state index in [0.717, 1.165) is 6.07 Å². The van der Waals surface area contributed by atoms with Crippen molar-refractivity contribution in [3.05, 3.63) is 36.2 Å². The lowest BCUT2D eigenvalue weighted by Crippen LogP contribution is -2.13. The maximum atomic E-state index is 13.0. The van der Waals surface area contributed by atoms with E-state index < -0.39 is 11.7 Å². The summed E-state index contributed by atoms with van der Waals surface area (Å²) in [6, 6.07) is 5.10. The lowest BCUT2D eigenvalue weighted by atomic mass is 10.1. The molecule has 0 saturated heterocycles. The molecule has 2 rings (SSSR count). The Morgan fingerprint density at radius 3 is 2.57 bits per heavy atom. The summed E-state index contributed by atoms with van der Waals surface area (Å²) in [6.07, 6.45) is -3.27. The number of ether oxygens (including phenoxy) is 1. The number of para-hydroxylation sites is 1. The van der Waals surface area contributed by atoms with Crippen LogP contribution in [0, 0.1) is 0 Å². The molecule has 1 aromatic heterocycles. The number of rotatable bonds is 6. The third-order valence-corrected chi connectivity index (χ3v) is 2.97. The van der Waals surface area contributed by atoms with Crippen molar-refractivity contribution in [3.63, 3.8) is 0 Å². The van der Waals surface area contributed by atoms with Gasteiger partial charge in [-0.05, 0) is 12.1 Å². The zero-order valence-corrected chi connectivity index (χ0v) is 12.3. The predicted octanol–water partition coefficient (Wildman–Crippen LogP) is 2.88. The van der Waals surface area contributed by atoms with Crippen molar-refractivity contribution in [2.75, 3.05) is 36.6 Å². The normalized spacial score (nSPS) is 11.3. The molecule has 0 unspecified atom stereocenters. The van der Waals surface area contributed by atoms with Crippen LogP contribution in [0.2, 0.25) is 0 Å². The van der Waals surface area contributed by atoms with Crippen molar-refractivity contribution >= 4 is 23.0 Å². The fourth-order valence-electron chi connectivity index (χ4n) is 1.87. The summed E-state index contributed by atoms with van der Waals surface area (Å²) >= 11 is 0. The molecule has 0 atom stereocenters. The molecule has 9 heteroatoms. The van der Waals surface area contributed by atoms with Gasteiger partial charge in [0, 0.05) is 13.7 Å². The Morgan fingerprint density at radius 2 is 1.87 bits per heavy atom. The van der Waals surface area contributed by atoms with Crippen molar-refractivity contribution in [1.82, 2.24) is 9.97 Å². The van der Waals surface area contributed by atoms with E-state index in [0.29, 0.717) is 19.0 Å². The highest BCUT2D eigenvalue weighted by molar-refractivity contribution is 5.78. The van der Waals surface area contributed by atoms with Gasteiger partial charge in [0.1, 0.15) is 12.0 Å². The summed E-state index contributed by atoms with van der Waals surface area (Å²) in [5.41, 5.74) is 5.10. The molecule has 1 aromatic carbocycles. The number of nitrogen functional groups attached to an aromatic ring is 1. The minimum atomic E-state index is -4.48. The van der Waals surface area contributed by atoms with E-state index in [-0.39, 0.29) is 17.2 Å². The van der Waals surface area contributed by atoms with E-state index >= 15 is 0 Å². The largest absolute Gasteiger partial charge is 0.418 e. The lowest BCUT2D eigenvalue weighted by molar-refractivity contribution is -0.136. The van der Waals surface area contributed by atoms with E-state index in [1.54, 1.807) is 7.11 Å². The summed E-state index contributed by atoms with van der Waals surface area (Å²) in [6.45, 7) is 0.888. The number of halogens is 3. The third-order valence-electron chi connectivity index (χ3n) is 2.97. The van der Waals surface area contributed by atoms with Crippen LogP contribution in [0.1, 0.15) is 5.56 Å². The van der Waals surface area contributed by atoms with Crippen molar-refractivity contribution in [2.45, 2.75) is 6.18 Å². The fraction of sp³-hybridized carbons (Fsp3) is 0.286. The Labute approximate surface area is 130 Å². The van der Waals surface area contributed by atoms with Crippen molar-refractivity contribution < 1.29 is 17.9 Å². The van der Waals surface area contributed by atoms with Crippen molar-refractivity contribution in [1.29, 1.82) is 0 Å². The van der Waals surface area contributed by atoms with Gasteiger partial charge in [0.15, 0.2) is 11.6 Å². The molecule has 4 N–H and O–H groups in total. The van der Waals surface area contributed by atoms with Gasteiger partial charge in [0.05, 0.1) is 17.9 Å². The van der Waals surface area contributed by atoms with Crippen LogP contribution in [0.4, 0.5) is 36.2 Å². The minimum Gasteiger partial charge on any atom is -0.393 e. The molecule has 2 aromatic rings. The number of hydrogen-bond acceptors (Lipinski definition) is 6. The van der Waals surface area contributed by atoms with Crippen LogP contribution >= 0.6 is 0 Å². The molecule has 0 amide bonds. The van der Waals surface area contributed by atoms with E-state index in [2.05, 4.69) is 20.6 Å². The monoisotopic (exact) mass is 327 g/mol. The summed E-state index contributed by atoms with van der Waals surface area (Å²) in [4.78, 5) is 7.86. The molecule has 1 heterocycles. The van der Waals surface area contributed by atoms with Gasteiger partial charge in [0.2, 0.25) is 0 Å². The number of nitrogens with two attached hydrogens (primary N) is 1. The zero-order chi connectivity index (χ0) is 16.9. The van der Waals surface area contributed by atoms with Crippen LogP contribution in [0.3, 0.4) is 0 Å². The quantitative estimate of drug-likeness (QED) is 0.708. The number of methoxy groups -OCH3 is 1. The topological polar surface area (TPSA) is 85.1 Å². The first-order chi connectivity index (χ1) is 10.9. The first-order valence-corrected chi connectivity index (χ1v) is 6.70. The van der Waals surface area contributed by atoms with Crippen LogP contribution in [0.5, 0.6) is 0 Å². The Hall–Kier alpha value is -2.55. The standard InChI is InChI=1S/C14H16F3N5O/c1-23-7-6-19-12-11(18)13(21-8-20-12)22-10-5-3-2-4-9(10)14(15,16)17/h2-5,8H,6-7,18H2,1H3,(H2,19,20,21,22). The molecule has 0 aliphatic carbocycles. The van der Waals surface area contributed by atoms with Crippen LogP contribution in [-0.2, 0) is 10.9 Å². The SMILES string of the molecule is COCCNc1ncnc(Nc2ccccc2C(F)(F)F)c1N. The van der Waals surface area contributed by atoms with Crippen LogP contribution in [0.25, 0.3) is 0 Å². The highest BCUT2D eigenvalue weighted by Gasteiger charge is 2.33. The number of hydrogen-bond donors (Lipinski definition) is 3. The van der Waals surface area contributed by atoms with Crippen LogP contribution < -0.4 is 16.4 Å². The Balaban J connectivity index is 2.26. The van der Waals surface area contributed by atoms with Gasteiger partial charge in [-0.3, -0.25) is 0 Å². The van der Waals surface area contributed by atoms with E-state index in [4.69, 9.17) is 10.5 Å². The number of aromatic nitrogens is 2. The molecule has 0 radical (unpaired) electrons. The van der Waals surface area contributed by atoms with Gasteiger partial charge in [-0.15, -0.1) is 0 Å². The van der Waals surface area contributed by atoms with Crippen molar-refractivity contribution in [3.8, 4) is 0 Å². The summed E-state index contributed by atoms with van der Waals surface area (Å²) in [5, 5.41) is 5.53. The molecule has 0 saturated carbocycles. The number of nitrogens with zero attached hydrogens (tertiary/aromatic N) is 2. The van der Waals surface area contributed by atoms with E-state index in [1.807, 2.05) is 0 Å². The second-order valence-electron chi connectivity index (χ2n) is 4.57. The molecule has 23 heavy (non-hydrogen) atoms. The molecule has 6 nitrogen and oxygen atoms in total. The van der Waals surface area contributed by atoms with Crippen LogP contribution in [0.15, 0.2) is 30.6 Å². The molecule has 0 bridgehead atoms. The molecular formula is C14H16F3N5O. The number of alkyl halides is 3. The maximum absolute atomic E-state index is 13.0. The average molecular weight is 327 g/mol. The Kier molecular flexibility index (Phi) is 5.22. The van der Waals surface area contributed by atoms with Gasteiger partial charge in [-0.25, -0.2) is 9.97 Å². The molecule has 124 valence electrons. The minimum absolute atomic E-state index is 0.0941. The van der Waals surface area contributed by atoms with Gasteiger partial charge in [0.25, 0.3) is 0 Å². The van der Waals surface area contributed by atoms with Gasteiger partial charge >= 0.3 is 6.18 Å². The second-order valence-corrected chi connectivity index (χ2v) is 4.57. The highest BCUT2D eigenvalue weighted by Crippen LogP contribution is 2.36. The Bertz CT molecular complexity index is 663. The van der Waals surface area contributed by atoms with E-state index in [9.17, 15) is 13.2 Å². The number of nitrogens with one attached hydrogen (secondary N) is 2. The third kappa shape index (κ3) is 4.22. The van der Waals surface area contributed by atoms with Gasteiger partial charge in [-0.2, -0.15) is 13.2 Å². The number of anilines is 4. The first-order valence-electron chi connectivity index (χ1n) is 6.70. The number of benzene rings is 1.